The van der Waals surface area contributed by atoms with Crippen molar-refractivity contribution in [1.29, 1.82) is 0 Å². The molecule has 1 aromatic heterocycles. The lowest BCUT2D eigenvalue weighted by molar-refractivity contribution is 0.669. The van der Waals surface area contributed by atoms with Gasteiger partial charge in [-0.25, -0.2) is 0 Å². The minimum atomic E-state index is 0.901. The summed E-state index contributed by atoms with van der Waals surface area (Å²) in [6.07, 6.45) is 0. The maximum absolute atomic E-state index is 6.33. The maximum Gasteiger partial charge on any atom is 0.136 e. The lowest BCUT2D eigenvalue weighted by Crippen LogP contribution is -2.12. The highest BCUT2D eigenvalue weighted by molar-refractivity contribution is 6.17. The number of benzene rings is 11. The van der Waals surface area contributed by atoms with Crippen LogP contribution >= 0.6 is 0 Å². The lowest BCUT2D eigenvalue weighted by atomic mass is 9.90. The average molecular weight is 764 g/mol. The van der Waals surface area contributed by atoms with Crippen LogP contribution < -0.4 is 4.90 Å². The molecule has 0 spiro atoms. The van der Waals surface area contributed by atoms with Gasteiger partial charge in [0.2, 0.25) is 0 Å². The Morgan fingerprint density at radius 3 is 1.68 bits per heavy atom. The molecular weight excluding hydrogens is 727 g/mol. The van der Waals surface area contributed by atoms with Crippen LogP contribution in [0.1, 0.15) is 0 Å². The smallest absolute Gasteiger partial charge is 0.136 e. The molecule has 0 bridgehead atoms. The van der Waals surface area contributed by atoms with Gasteiger partial charge in [-0.05, 0) is 132 Å². The highest BCUT2D eigenvalue weighted by atomic mass is 16.3. The van der Waals surface area contributed by atoms with E-state index in [9.17, 15) is 0 Å². The molecule has 2 nitrogen and oxygen atoms in total. The molecule has 1 heterocycles. The van der Waals surface area contributed by atoms with Crippen molar-refractivity contribution < 1.29 is 4.42 Å². The molecule has 60 heavy (non-hydrogen) atoms. The third-order valence-corrected chi connectivity index (χ3v) is 12.2. The first-order valence-electron chi connectivity index (χ1n) is 20.6. The van der Waals surface area contributed by atoms with Gasteiger partial charge in [0, 0.05) is 27.7 Å². The van der Waals surface area contributed by atoms with E-state index in [0.29, 0.717) is 0 Å². The number of furan rings is 1. The minimum Gasteiger partial charge on any atom is -0.456 e. The zero-order chi connectivity index (χ0) is 39.6. The molecule has 2 heteroatoms. The van der Waals surface area contributed by atoms with Crippen LogP contribution in [0.5, 0.6) is 0 Å². The van der Waals surface area contributed by atoms with Gasteiger partial charge in [0.1, 0.15) is 11.2 Å². The zero-order valence-electron chi connectivity index (χ0n) is 32.7. The summed E-state index contributed by atoms with van der Waals surface area (Å²) in [6, 6.07) is 81.6. The summed E-state index contributed by atoms with van der Waals surface area (Å²) in [5.41, 5.74) is 12.1. The summed E-state index contributed by atoms with van der Waals surface area (Å²) in [5, 5.41) is 11.9. The molecule has 0 unspecified atom stereocenters. The van der Waals surface area contributed by atoms with E-state index in [4.69, 9.17) is 4.42 Å². The molecule has 0 aliphatic carbocycles. The van der Waals surface area contributed by atoms with Crippen LogP contribution in [0.3, 0.4) is 0 Å². The monoisotopic (exact) mass is 763 g/mol. The molecule has 0 atom stereocenters. The van der Waals surface area contributed by atoms with Crippen molar-refractivity contribution in [3.8, 4) is 33.4 Å². The summed E-state index contributed by atoms with van der Waals surface area (Å²) in [7, 11) is 0. The first-order chi connectivity index (χ1) is 29.7. The van der Waals surface area contributed by atoms with E-state index in [1.54, 1.807) is 0 Å². The Morgan fingerprint density at radius 1 is 0.267 bits per heavy atom. The van der Waals surface area contributed by atoms with E-state index in [1.807, 2.05) is 12.1 Å². The van der Waals surface area contributed by atoms with Crippen molar-refractivity contribution in [2.24, 2.45) is 0 Å². The van der Waals surface area contributed by atoms with Gasteiger partial charge in [-0.3, -0.25) is 0 Å². The van der Waals surface area contributed by atoms with Gasteiger partial charge < -0.3 is 9.32 Å². The highest BCUT2D eigenvalue weighted by Crippen LogP contribution is 2.47. The summed E-state index contributed by atoms with van der Waals surface area (Å²) < 4.78 is 6.33. The molecule has 0 amide bonds. The minimum absolute atomic E-state index is 0.901. The van der Waals surface area contributed by atoms with Crippen molar-refractivity contribution >= 4 is 82.1 Å². The standard InChI is InChI=1S/C58H37NO/c1-3-15-38(16-4-1)40-28-30-56(52(33-40)39-17-5-2-6-18-39)59(45-29-27-41-36-58-55(35-44(41)32-45)51-25-13-14-26-57(51)60-58)46-31-42-19-7-10-22-48(42)54(37-46)53-34-43-20-8-9-21-47(43)49-23-11-12-24-50(49)53/h1-37H. The van der Waals surface area contributed by atoms with Crippen molar-refractivity contribution in [2.45, 2.75) is 0 Å². The fourth-order valence-corrected chi connectivity index (χ4v) is 9.34. The summed E-state index contributed by atoms with van der Waals surface area (Å²) in [6.45, 7) is 0. The lowest BCUT2D eigenvalue weighted by Gasteiger charge is -2.30. The van der Waals surface area contributed by atoms with Crippen molar-refractivity contribution in [3.63, 3.8) is 0 Å². The topological polar surface area (TPSA) is 16.4 Å². The molecular formula is C58H37NO. The van der Waals surface area contributed by atoms with Gasteiger partial charge in [-0.2, -0.15) is 0 Å². The molecule has 12 rings (SSSR count). The number of nitrogens with zero attached hydrogens (tertiary/aromatic N) is 1. The Hall–Kier alpha value is -7.94. The maximum atomic E-state index is 6.33. The summed E-state index contributed by atoms with van der Waals surface area (Å²) >= 11 is 0. The van der Waals surface area contributed by atoms with Crippen LogP contribution in [-0.2, 0) is 0 Å². The van der Waals surface area contributed by atoms with Gasteiger partial charge >= 0.3 is 0 Å². The fraction of sp³-hybridized carbons (Fsp3) is 0. The Bertz CT molecular complexity index is 3600. The van der Waals surface area contributed by atoms with Crippen LogP contribution in [-0.4, -0.2) is 0 Å². The van der Waals surface area contributed by atoms with E-state index >= 15 is 0 Å². The highest BCUT2D eigenvalue weighted by Gasteiger charge is 2.22. The predicted molar refractivity (Wildman–Crippen MR) is 255 cm³/mol. The molecule has 0 N–H and O–H groups in total. The molecule has 11 aromatic carbocycles. The Morgan fingerprint density at radius 2 is 0.883 bits per heavy atom. The van der Waals surface area contributed by atoms with E-state index in [2.05, 4.69) is 217 Å². The molecule has 0 radical (unpaired) electrons. The molecule has 280 valence electrons. The molecule has 0 saturated heterocycles. The fourth-order valence-electron chi connectivity index (χ4n) is 9.34. The van der Waals surface area contributed by atoms with E-state index in [-0.39, 0.29) is 0 Å². The number of rotatable bonds is 6. The van der Waals surface area contributed by atoms with Gasteiger partial charge in [-0.15, -0.1) is 0 Å². The van der Waals surface area contributed by atoms with Crippen molar-refractivity contribution in [2.75, 3.05) is 4.90 Å². The normalized spacial score (nSPS) is 11.7. The third-order valence-electron chi connectivity index (χ3n) is 12.2. The average Bonchev–Trinajstić information content (AvgIpc) is 3.68. The molecule has 0 aliphatic rings. The Kier molecular flexibility index (Phi) is 7.89. The zero-order valence-corrected chi connectivity index (χ0v) is 32.7. The molecule has 12 aromatic rings. The molecule has 0 fully saturated rings. The quantitative estimate of drug-likeness (QED) is 0.157. The van der Waals surface area contributed by atoms with Gasteiger partial charge in [0.05, 0.1) is 5.69 Å². The van der Waals surface area contributed by atoms with E-state index < -0.39 is 0 Å². The van der Waals surface area contributed by atoms with Gasteiger partial charge in [0.15, 0.2) is 0 Å². The number of anilines is 3. The number of para-hydroxylation sites is 1. The van der Waals surface area contributed by atoms with E-state index in [1.165, 1.54) is 54.6 Å². The van der Waals surface area contributed by atoms with E-state index in [0.717, 1.165) is 60.9 Å². The third kappa shape index (κ3) is 5.65. The number of fused-ring (bicyclic) bond motifs is 8. The Labute approximate surface area is 347 Å². The largest absolute Gasteiger partial charge is 0.456 e. The first-order valence-corrected chi connectivity index (χ1v) is 20.6. The second-order valence-corrected chi connectivity index (χ2v) is 15.7. The number of hydrogen-bond acceptors (Lipinski definition) is 2. The molecule has 0 saturated carbocycles. The predicted octanol–water partition coefficient (Wildman–Crippen LogP) is 16.7. The van der Waals surface area contributed by atoms with Gasteiger partial charge in [-0.1, -0.05) is 164 Å². The number of hydrogen-bond donors (Lipinski definition) is 0. The van der Waals surface area contributed by atoms with Gasteiger partial charge in [0.25, 0.3) is 0 Å². The van der Waals surface area contributed by atoms with Crippen LogP contribution in [0.25, 0.3) is 98.4 Å². The van der Waals surface area contributed by atoms with Crippen LogP contribution in [0.2, 0.25) is 0 Å². The summed E-state index contributed by atoms with van der Waals surface area (Å²) in [4.78, 5) is 2.47. The SMILES string of the molecule is c1ccc(-c2ccc(N(c3ccc4cc5oc6ccccc6c5cc4c3)c3cc(-c4cc5ccccc5c5ccccc45)c4ccccc4c3)c(-c3ccccc3)c2)cc1. The van der Waals surface area contributed by atoms with Crippen molar-refractivity contribution in [1.82, 2.24) is 0 Å². The summed E-state index contributed by atoms with van der Waals surface area (Å²) in [5.74, 6) is 0. The van der Waals surface area contributed by atoms with Crippen molar-refractivity contribution in [3.05, 3.63) is 224 Å². The van der Waals surface area contributed by atoms with Crippen LogP contribution in [0.4, 0.5) is 17.1 Å². The second kappa shape index (κ2) is 13.9. The van der Waals surface area contributed by atoms with Crippen LogP contribution in [0.15, 0.2) is 229 Å². The van der Waals surface area contributed by atoms with Crippen LogP contribution in [0, 0.1) is 0 Å². The Balaban J connectivity index is 1.16. The molecule has 0 aliphatic heterocycles. The first kappa shape index (κ1) is 34.1. The second-order valence-electron chi connectivity index (χ2n) is 15.7.